The number of benzene rings is 1. The zero-order chi connectivity index (χ0) is 12.0. The van der Waals surface area contributed by atoms with Gasteiger partial charge in [-0.05, 0) is 18.4 Å². The van der Waals surface area contributed by atoms with Crippen molar-refractivity contribution in [2.24, 2.45) is 0 Å². The Morgan fingerprint density at radius 2 is 1.88 bits per heavy atom. The van der Waals surface area contributed by atoms with Gasteiger partial charge < -0.3 is 5.32 Å². The molecule has 0 fully saturated rings. The van der Waals surface area contributed by atoms with E-state index in [9.17, 15) is 4.21 Å². The molecule has 1 aromatic carbocycles. The highest BCUT2D eigenvalue weighted by Crippen LogP contribution is 2.13. The van der Waals surface area contributed by atoms with Gasteiger partial charge in [0.05, 0.1) is 0 Å². The molecule has 0 aliphatic heterocycles. The molecule has 0 saturated carbocycles. The summed E-state index contributed by atoms with van der Waals surface area (Å²) in [6.07, 6.45) is 1.75. The second-order valence-electron chi connectivity index (χ2n) is 4.36. The summed E-state index contributed by atoms with van der Waals surface area (Å²) < 4.78 is 11.0. The van der Waals surface area contributed by atoms with Crippen LogP contribution in [0.2, 0.25) is 0 Å². The molecule has 90 valence electrons. The Kier molecular flexibility index (Phi) is 5.71. The molecule has 0 saturated heterocycles. The normalized spacial score (nSPS) is 16.7. The van der Waals surface area contributed by atoms with E-state index in [4.69, 9.17) is 0 Å². The van der Waals surface area contributed by atoms with E-state index in [1.165, 1.54) is 5.56 Å². The van der Waals surface area contributed by atoms with E-state index >= 15 is 0 Å². The highest BCUT2D eigenvalue weighted by atomic mass is 32.2. The molecular weight excluding hydrogens is 218 g/mol. The fourth-order valence-corrected chi connectivity index (χ4v) is 2.51. The lowest BCUT2D eigenvalue weighted by Gasteiger charge is -2.17. The van der Waals surface area contributed by atoms with Crippen molar-refractivity contribution < 1.29 is 4.21 Å². The van der Waals surface area contributed by atoms with Crippen LogP contribution in [0.3, 0.4) is 0 Å². The van der Waals surface area contributed by atoms with Crippen molar-refractivity contribution >= 4 is 10.8 Å². The standard InChI is InChI=1S/C13H21NOS/c1-11(13-7-5-4-6-8-13)9-14-12(2)10-16(3)15/h4-8,11-12,14H,9-10H2,1-3H3/t11-,12+,16-/m0/s1. The lowest BCUT2D eigenvalue weighted by atomic mass is 10.0. The van der Waals surface area contributed by atoms with Crippen LogP contribution in [0.1, 0.15) is 25.3 Å². The van der Waals surface area contributed by atoms with E-state index < -0.39 is 10.8 Å². The zero-order valence-electron chi connectivity index (χ0n) is 10.3. The van der Waals surface area contributed by atoms with Crippen molar-refractivity contribution in [2.75, 3.05) is 18.6 Å². The van der Waals surface area contributed by atoms with Gasteiger partial charge >= 0.3 is 0 Å². The Labute approximate surface area is 101 Å². The Morgan fingerprint density at radius 1 is 1.25 bits per heavy atom. The summed E-state index contributed by atoms with van der Waals surface area (Å²) in [6.45, 7) is 5.22. The van der Waals surface area contributed by atoms with Crippen LogP contribution < -0.4 is 5.32 Å². The topological polar surface area (TPSA) is 29.1 Å². The molecule has 0 aromatic heterocycles. The van der Waals surface area contributed by atoms with Crippen molar-refractivity contribution in [2.45, 2.75) is 25.8 Å². The molecule has 0 heterocycles. The van der Waals surface area contributed by atoms with Crippen molar-refractivity contribution in [3.8, 4) is 0 Å². The molecule has 0 unspecified atom stereocenters. The Balaban J connectivity index is 2.35. The third-order valence-corrected chi connectivity index (χ3v) is 3.60. The zero-order valence-corrected chi connectivity index (χ0v) is 11.1. The van der Waals surface area contributed by atoms with Crippen molar-refractivity contribution in [3.05, 3.63) is 35.9 Å². The first-order valence-corrected chi connectivity index (χ1v) is 7.40. The molecule has 2 nitrogen and oxygen atoms in total. The van der Waals surface area contributed by atoms with Crippen LogP contribution in [-0.4, -0.2) is 28.8 Å². The van der Waals surface area contributed by atoms with E-state index in [-0.39, 0.29) is 0 Å². The van der Waals surface area contributed by atoms with Gasteiger partial charge in [-0.25, -0.2) is 0 Å². The molecule has 1 N–H and O–H groups in total. The highest BCUT2D eigenvalue weighted by Gasteiger charge is 2.08. The number of hydrogen-bond donors (Lipinski definition) is 1. The second kappa shape index (κ2) is 6.81. The molecule has 0 spiro atoms. The van der Waals surface area contributed by atoms with E-state index in [0.717, 1.165) is 12.3 Å². The van der Waals surface area contributed by atoms with E-state index in [1.54, 1.807) is 6.26 Å². The fraction of sp³-hybridized carbons (Fsp3) is 0.538. The lowest BCUT2D eigenvalue weighted by Crippen LogP contribution is -2.33. The molecule has 0 aliphatic rings. The van der Waals surface area contributed by atoms with E-state index in [1.807, 2.05) is 6.07 Å². The molecule has 0 radical (unpaired) electrons. The fourth-order valence-electron chi connectivity index (χ4n) is 1.69. The summed E-state index contributed by atoms with van der Waals surface area (Å²) in [5, 5.41) is 3.42. The molecule has 16 heavy (non-hydrogen) atoms. The minimum atomic E-state index is -0.717. The summed E-state index contributed by atoms with van der Waals surface area (Å²) in [6, 6.07) is 10.8. The highest BCUT2D eigenvalue weighted by molar-refractivity contribution is 7.84. The van der Waals surface area contributed by atoms with Gasteiger partial charge in [0, 0.05) is 35.4 Å². The Morgan fingerprint density at radius 3 is 2.44 bits per heavy atom. The first kappa shape index (κ1) is 13.4. The van der Waals surface area contributed by atoms with Crippen LogP contribution in [0, 0.1) is 0 Å². The van der Waals surface area contributed by atoms with Crippen LogP contribution in [0.4, 0.5) is 0 Å². The van der Waals surface area contributed by atoms with Gasteiger partial charge in [0.25, 0.3) is 0 Å². The third-order valence-electron chi connectivity index (χ3n) is 2.63. The van der Waals surface area contributed by atoms with Gasteiger partial charge in [0.1, 0.15) is 0 Å². The third kappa shape index (κ3) is 4.90. The SMILES string of the molecule is C[C@H](C[S@](C)=O)NC[C@H](C)c1ccccc1. The lowest BCUT2D eigenvalue weighted by molar-refractivity contribution is 0.549. The predicted molar refractivity (Wildman–Crippen MR) is 71.3 cm³/mol. The summed E-state index contributed by atoms with van der Waals surface area (Å²) >= 11 is 0. The minimum absolute atomic E-state index is 0.317. The van der Waals surface area contributed by atoms with E-state index in [0.29, 0.717) is 12.0 Å². The summed E-state index contributed by atoms with van der Waals surface area (Å²) in [7, 11) is -0.717. The molecule has 3 heteroatoms. The van der Waals surface area contributed by atoms with Gasteiger partial charge in [0.2, 0.25) is 0 Å². The van der Waals surface area contributed by atoms with Crippen LogP contribution in [0.25, 0.3) is 0 Å². The van der Waals surface area contributed by atoms with Gasteiger partial charge in [-0.1, -0.05) is 37.3 Å². The van der Waals surface area contributed by atoms with Crippen LogP contribution in [0.15, 0.2) is 30.3 Å². The summed E-state index contributed by atoms with van der Waals surface area (Å²) in [5.41, 5.74) is 1.35. The molecule has 0 aliphatic carbocycles. The van der Waals surface area contributed by atoms with Crippen LogP contribution in [0.5, 0.6) is 0 Å². The van der Waals surface area contributed by atoms with Gasteiger partial charge in [0.15, 0.2) is 0 Å². The van der Waals surface area contributed by atoms with Crippen LogP contribution >= 0.6 is 0 Å². The first-order chi connectivity index (χ1) is 7.59. The average molecular weight is 239 g/mol. The van der Waals surface area contributed by atoms with E-state index in [2.05, 4.69) is 43.4 Å². The molecule has 0 amide bonds. The van der Waals surface area contributed by atoms with Gasteiger partial charge in [-0.2, -0.15) is 0 Å². The van der Waals surface area contributed by atoms with Crippen molar-refractivity contribution in [1.82, 2.24) is 5.32 Å². The van der Waals surface area contributed by atoms with Gasteiger partial charge in [-0.3, -0.25) is 4.21 Å². The Hall–Kier alpha value is -0.670. The minimum Gasteiger partial charge on any atom is -0.313 e. The summed E-state index contributed by atoms with van der Waals surface area (Å²) in [5.74, 6) is 1.22. The number of hydrogen-bond acceptors (Lipinski definition) is 2. The number of rotatable bonds is 6. The monoisotopic (exact) mass is 239 g/mol. The van der Waals surface area contributed by atoms with Crippen molar-refractivity contribution in [3.63, 3.8) is 0 Å². The first-order valence-electron chi connectivity index (χ1n) is 5.68. The molecule has 3 atom stereocenters. The molecular formula is C13H21NOS. The molecule has 0 bridgehead atoms. The van der Waals surface area contributed by atoms with Gasteiger partial charge in [-0.15, -0.1) is 0 Å². The van der Waals surface area contributed by atoms with Crippen molar-refractivity contribution in [1.29, 1.82) is 0 Å². The maximum Gasteiger partial charge on any atom is 0.0383 e. The second-order valence-corrected chi connectivity index (χ2v) is 5.84. The predicted octanol–water partition coefficient (Wildman–Crippen LogP) is 2.15. The maximum absolute atomic E-state index is 11.0. The number of nitrogens with one attached hydrogen (secondary N) is 1. The summed E-state index contributed by atoms with van der Waals surface area (Å²) in [4.78, 5) is 0. The quantitative estimate of drug-likeness (QED) is 0.824. The molecule has 1 rings (SSSR count). The average Bonchev–Trinajstić information content (AvgIpc) is 2.26. The Bertz CT molecular complexity index is 326. The molecule has 1 aromatic rings. The largest absolute Gasteiger partial charge is 0.313 e. The van der Waals surface area contributed by atoms with Crippen LogP contribution in [-0.2, 0) is 10.8 Å². The maximum atomic E-state index is 11.0. The smallest absolute Gasteiger partial charge is 0.0383 e.